The molecule has 90 valence electrons. The summed E-state index contributed by atoms with van der Waals surface area (Å²) in [6.45, 7) is 0.355. The van der Waals surface area contributed by atoms with E-state index in [-0.39, 0.29) is 6.42 Å². The molecule has 2 aromatic heterocycles. The summed E-state index contributed by atoms with van der Waals surface area (Å²) in [4.78, 5) is 14.8. The number of carboxylic acid groups (broad SMARTS) is 1. The summed E-state index contributed by atoms with van der Waals surface area (Å²) in [6, 6.07) is 3.20. The molecule has 0 aromatic carbocycles. The van der Waals surface area contributed by atoms with Gasteiger partial charge in [0.2, 0.25) is 0 Å². The van der Waals surface area contributed by atoms with Crippen LogP contribution in [0.3, 0.4) is 0 Å². The molecule has 0 saturated heterocycles. The van der Waals surface area contributed by atoms with E-state index in [1.807, 2.05) is 0 Å². The number of methoxy groups -OCH3 is 1. The molecule has 2 aromatic rings. The summed E-state index contributed by atoms with van der Waals surface area (Å²) < 4.78 is 6.40. The Morgan fingerprint density at radius 1 is 1.53 bits per heavy atom. The van der Waals surface area contributed by atoms with Gasteiger partial charge in [0, 0.05) is 13.2 Å². The highest BCUT2D eigenvalue weighted by molar-refractivity contribution is 6.29. The fourth-order valence-corrected chi connectivity index (χ4v) is 1.75. The number of carboxylic acids is 1. The molecule has 0 radical (unpaired) electrons. The van der Waals surface area contributed by atoms with E-state index in [2.05, 4.69) is 10.1 Å². The van der Waals surface area contributed by atoms with E-state index in [0.717, 1.165) is 0 Å². The zero-order valence-electron chi connectivity index (χ0n) is 9.05. The summed E-state index contributed by atoms with van der Waals surface area (Å²) in [5.74, 6) is -0.949. The van der Waals surface area contributed by atoms with Crippen LogP contribution in [0.15, 0.2) is 12.1 Å². The lowest BCUT2D eigenvalue weighted by Crippen LogP contribution is -2.04. The third kappa shape index (κ3) is 2.54. The number of carbonyl (C=O) groups is 1. The number of hydrogen-bond acceptors (Lipinski definition) is 4. The number of halogens is 1. The third-order valence-corrected chi connectivity index (χ3v) is 2.38. The van der Waals surface area contributed by atoms with Crippen molar-refractivity contribution in [3.63, 3.8) is 0 Å². The Hall–Kier alpha value is -1.66. The SMILES string of the molecule is COCc1cc2nc(CC(=O)O)cc(Cl)n2n1. The molecular weight excluding hydrogens is 246 g/mol. The second-order valence-electron chi connectivity index (χ2n) is 3.48. The van der Waals surface area contributed by atoms with Crippen LogP contribution in [-0.2, 0) is 22.6 Å². The summed E-state index contributed by atoms with van der Waals surface area (Å²) in [5, 5.41) is 13.2. The van der Waals surface area contributed by atoms with Gasteiger partial charge in [0.25, 0.3) is 0 Å². The van der Waals surface area contributed by atoms with Crippen molar-refractivity contribution in [3.8, 4) is 0 Å². The molecule has 1 N–H and O–H groups in total. The van der Waals surface area contributed by atoms with Gasteiger partial charge in [-0.1, -0.05) is 11.6 Å². The Bertz CT molecular complexity index is 567. The van der Waals surface area contributed by atoms with Gasteiger partial charge in [-0.25, -0.2) is 9.50 Å². The van der Waals surface area contributed by atoms with Crippen LogP contribution in [0.25, 0.3) is 5.65 Å². The van der Waals surface area contributed by atoms with Crippen molar-refractivity contribution in [2.75, 3.05) is 7.11 Å². The average molecular weight is 256 g/mol. The smallest absolute Gasteiger partial charge is 0.309 e. The van der Waals surface area contributed by atoms with Gasteiger partial charge in [-0.05, 0) is 6.07 Å². The van der Waals surface area contributed by atoms with Crippen molar-refractivity contribution in [2.24, 2.45) is 0 Å². The van der Waals surface area contributed by atoms with E-state index in [1.165, 1.54) is 10.6 Å². The van der Waals surface area contributed by atoms with E-state index in [0.29, 0.717) is 28.8 Å². The highest BCUT2D eigenvalue weighted by Gasteiger charge is 2.10. The number of nitrogens with zero attached hydrogens (tertiary/aromatic N) is 3. The van der Waals surface area contributed by atoms with E-state index >= 15 is 0 Å². The highest BCUT2D eigenvalue weighted by atomic mass is 35.5. The molecule has 2 heterocycles. The third-order valence-electron chi connectivity index (χ3n) is 2.11. The Labute approximate surface area is 102 Å². The minimum absolute atomic E-state index is 0.166. The quantitative estimate of drug-likeness (QED) is 0.830. The van der Waals surface area contributed by atoms with Gasteiger partial charge in [0.15, 0.2) is 5.65 Å². The fraction of sp³-hybridized carbons (Fsp3) is 0.300. The topological polar surface area (TPSA) is 76.7 Å². The minimum atomic E-state index is -0.949. The van der Waals surface area contributed by atoms with Gasteiger partial charge in [-0.15, -0.1) is 0 Å². The molecule has 6 nitrogen and oxygen atoms in total. The first kappa shape index (κ1) is 11.8. The molecule has 0 bridgehead atoms. The monoisotopic (exact) mass is 255 g/mol. The van der Waals surface area contributed by atoms with Crippen molar-refractivity contribution in [1.29, 1.82) is 0 Å². The van der Waals surface area contributed by atoms with Crippen LogP contribution < -0.4 is 0 Å². The first-order valence-electron chi connectivity index (χ1n) is 4.85. The lowest BCUT2D eigenvalue weighted by Gasteiger charge is -2.00. The molecule has 2 rings (SSSR count). The molecule has 0 aliphatic carbocycles. The summed E-state index contributed by atoms with van der Waals surface area (Å²) in [6.07, 6.45) is -0.166. The summed E-state index contributed by atoms with van der Waals surface area (Å²) in [7, 11) is 1.56. The molecule has 17 heavy (non-hydrogen) atoms. The van der Waals surface area contributed by atoms with Crippen molar-refractivity contribution < 1.29 is 14.6 Å². The molecule has 0 amide bonds. The van der Waals surface area contributed by atoms with E-state index in [4.69, 9.17) is 21.4 Å². The number of hydrogen-bond donors (Lipinski definition) is 1. The van der Waals surface area contributed by atoms with Crippen LogP contribution in [-0.4, -0.2) is 32.8 Å². The van der Waals surface area contributed by atoms with Crippen LogP contribution in [0, 0.1) is 0 Å². The van der Waals surface area contributed by atoms with Crippen LogP contribution in [0.4, 0.5) is 0 Å². The first-order chi connectivity index (χ1) is 8.10. The number of fused-ring (bicyclic) bond motifs is 1. The molecule has 0 saturated carbocycles. The van der Waals surface area contributed by atoms with E-state index < -0.39 is 5.97 Å². The number of aliphatic carboxylic acids is 1. The van der Waals surface area contributed by atoms with Crippen molar-refractivity contribution in [3.05, 3.63) is 28.7 Å². The number of rotatable bonds is 4. The van der Waals surface area contributed by atoms with Crippen molar-refractivity contribution in [1.82, 2.24) is 14.6 Å². The molecule has 0 fully saturated rings. The fourth-order valence-electron chi connectivity index (χ4n) is 1.50. The molecule has 0 aliphatic rings. The molecule has 0 aliphatic heterocycles. The van der Waals surface area contributed by atoms with Gasteiger partial charge in [0.1, 0.15) is 5.15 Å². The maximum Gasteiger partial charge on any atom is 0.309 e. The molecule has 0 atom stereocenters. The van der Waals surface area contributed by atoms with Crippen molar-refractivity contribution in [2.45, 2.75) is 13.0 Å². The number of aromatic nitrogens is 3. The van der Waals surface area contributed by atoms with Gasteiger partial charge in [-0.2, -0.15) is 5.10 Å². The molecule has 0 spiro atoms. The first-order valence-corrected chi connectivity index (χ1v) is 5.22. The van der Waals surface area contributed by atoms with Crippen molar-refractivity contribution >= 4 is 23.2 Å². The van der Waals surface area contributed by atoms with Crippen LogP contribution in [0.1, 0.15) is 11.4 Å². The molecule has 7 heteroatoms. The standard InChI is InChI=1S/C10H10ClN3O3/c1-17-5-7-3-9-12-6(4-10(15)16)2-8(11)14(9)13-7/h2-3H,4-5H2,1H3,(H,15,16). The lowest BCUT2D eigenvalue weighted by molar-refractivity contribution is -0.136. The minimum Gasteiger partial charge on any atom is -0.481 e. The highest BCUT2D eigenvalue weighted by Crippen LogP contribution is 2.15. The Morgan fingerprint density at radius 2 is 2.29 bits per heavy atom. The van der Waals surface area contributed by atoms with E-state index in [1.54, 1.807) is 13.2 Å². The largest absolute Gasteiger partial charge is 0.481 e. The predicted octanol–water partition coefficient (Wildman–Crippen LogP) is 1.16. The second kappa shape index (κ2) is 4.68. The second-order valence-corrected chi connectivity index (χ2v) is 3.87. The Morgan fingerprint density at radius 3 is 2.94 bits per heavy atom. The Kier molecular flexibility index (Phi) is 3.26. The normalized spacial score (nSPS) is 10.9. The molecular formula is C10H10ClN3O3. The van der Waals surface area contributed by atoms with E-state index in [9.17, 15) is 4.79 Å². The number of ether oxygens (including phenoxy) is 1. The average Bonchev–Trinajstić information content (AvgIpc) is 2.60. The van der Waals surface area contributed by atoms with Crippen LogP contribution >= 0.6 is 11.6 Å². The maximum absolute atomic E-state index is 10.6. The van der Waals surface area contributed by atoms with Crippen LogP contribution in [0.2, 0.25) is 5.15 Å². The zero-order valence-corrected chi connectivity index (χ0v) is 9.81. The van der Waals surface area contributed by atoms with Gasteiger partial charge >= 0.3 is 5.97 Å². The summed E-state index contributed by atoms with van der Waals surface area (Å²) >= 11 is 5.99. The predicted molar refractivity (Wildman–Crippen MR) is 60.0 cm³/mol. The van der Waals surface area contributed by atoms with Gasteiger partial charge in [-0.3, -0.25) is 4.79 Å². The zero-order chi connectivity index (χ0) is 12.4. The van der Waals surface area contributed by atoms with Crippen LogP contribution in [0.5, 0.6) is 0 Å². The lowest BCUT2D eigenvalue weighted by atomic mass is 10.3. The van der Waals surface area contributed by atoms with Gasteiger partial charge < -0.3 is 9.84 Å². The molecule has 0 unspecified atom stereocenters. The summed E-state index contributed by atoms with van der Waals surface area (Å²) in [5.41, 5.74) is 1.61. The Balaban J connectivity index is 2.45. The maximum atomic E-state index is 10.6. The van der Waals surface area contributed by atoms with Gasteiger partial charge in [0.05, 0.1) is 24.4 Å².